The summed E-state index contributed by atoms with van der Waals surface area (Å²) in [4.78, 5) is 43.9. The minimum atomic E-state index is -5.84. The van der Waals surface area contributed by atoms with Gasteiger partial charge in [0.2, 0.25) is 0 Å². The number of aromatic hydroxyl groups is 1. The van der Waals surface area contributed by atoms with E-state index in [4.69, 9.17) is 58.1 Å². The Labute approximate surface area is 388 Å². The van der Waals surface area contributed by atoms with Crippen LogP contribution in [0.25, 0.3) is 0 Å². The molecule has 0 aliphatic heterocycles. The number of halogens is 9. The molecule has 1 radical (unpaired) electrons. The van der Waals surface area contributed by atoms with E-state index in [0.29, 0.717) is 18.8 Å². The molecule has 1 aromatic carbocycles. The topological polar surface area (TPSA) is 344 Å². The van der Waals surface area contributed by atoms with E-state index >= 15 is 0 Å². The molecular weight excluding hydrogens is 1030 g/mol. The number of phenols is 1. The van der Waals surface area contributed by atoms with Gasteiger partial charge < -0.3 is 37.9 Å². The van der Waals surface area contributed by atoms with E-state index < -0.39 is 70.8 Å². The molecule has 22 nitrogen and oxygen atoms in total. The maximum absolute atomic E-state index is 11.8. The monoisotopic (exact) mass is 1070 g/mol. The number of nitriles is 1. The number of hydrogen-bond acceptors (Lipinski definition) is 19. The van der Waals surface area contributed by atoms with Gasteiger partial charge in [-0.1, -0.05) is 6.07 Å². The van der Waals surface area contributed by atoms with Crippen molar-refractivity contribution in [2.45, 2.75) is 50.5 Å². The third kappa shape index (κ3) is 35.4. The first kappa shape index (κ1) is 72.7. The molecule has 0 saturated heterocycles. The van der Waals surface area contributed by atoms with Gasteiger partial charge in [0, 0.05) is 57.8 Å². The standard InChI is InChI=1S/C13H16O6.C7H10O2.C6H6O4.C2H3N.3CHF3O3S.Sc/c1-4-19-7-8-5-6-9(14)11(13(16)18-3)10(8)12(15)17-2;1-2-8-6-7-4-3-5-9-7;1-9-5(7)3-4-6(8)10-2;1-2-3;3*2-1(3,4)8(5,6)7;/h5-6,14H,4,7H2,1-3H3;3-5H,2,6H2,1H3;1-2H3;1H3;3*(H,5,6,7);. The number of phenolic OH excluding ortho intramolecular Hbond substituents is 1. The number of carbonyl (C=O) groups is 4. The van der Waals surface area contributed by atoms with E-state index in [9.17, 15) is 63.8 Å². The normalized spacial score (nSPS) is 10.5. The largest absolute Gasteiger partial charge is 0.522 e. The molecule has 0 aliphatic rings. The van der Waals surface area contributed by atoms with Crippen LogP contribution in [0.15, 0.2) is 34.9 Å². The van der Waals surface area contributed by atoms with Crippen LogP contribution >= 0.6 is 0 Å². The average molecular weight is 1070 g/mol. The predicted octanol–water partition coefficient (Wildman–Crippen LogP) is 4.36. The third-order valence-electron chi connectivity index (χ3n) is 5.05. The first-order valence-corrected chi connectivity index (χ1v) is 20.0. The number of methoxy groups -OCH3 is 4. The molecule has 4 N–H and O–H groups in total. The Balaban J connectivity index is -0.000000168. The average Bonchev–Trinajstić information content (AvgIpc) is 3.71. The Bertz CT molecular complexity index is 2080. The number of carbonyl (C=O) groups excluding carboxylic acids is 4. The molecule has 0 bridgehead atoms. The summed E-state index contributed by atoms with van der Waals surface area (Å²) in [6.07, 6.45) is 1.65. The summed E-state index contributed by atoms with van der Waals surface area (Å²) in [7, 11) is -12.8. The van der Waals surface area contributed by atoms with Crippen molar-refractivity contribution in [3.05, 3.63) is 53.0 Å². The molecule has 377 valence electrons. The molecule has 1 aromatic heterocycles. The number of esters is 4. The van der Waals surface area contributed by atoms with Gasteiger partial charge in [0.25, 0.3) is 0 Å². The van der Waals surface area contributed by atoms with Gasteiger partial charge in [-0.15, -0.1) is 0 Å². The molecule has 0 spiro atoms. The zero-order chi connectivity index (χ0) is 52.6. The van der Waals surface area contributed by atoms with Crippen LogP contribution in [0.4, 0.5) is 39.5 Å². The third-order valence-corrected chi connectivity index (χ3v) is 6.81. The molecule has 0 unspecified atom stereocenters. The van der Waals surface area contributed by atoms with Crippen LogP contribution in [0, 0.1) is 23.2 Å². The van der Waals surface area contributed by atoms with Crippen LogP contribution in [0.3, 0.4) is 0 Å². The Morgan fingerprint density at radius 1 is 0.636 bits per heavy atom. The number of hydrogen-bond donors (Lipinski definition) is 4. The minimum Gasteiger partial charge on any atom is -0.507 e. The molecule has 0 aliphatic carbocycles. The van der Waals surface area contributed by atoms with Gasteiger partial charge in [-0.2, -0.15) is 70.0 Å². The van der Waals surface area contributed by atoms with Crippen molar-refractivity contribution >= 4 is 54.2 Å². The molecule has 2 rings (SSSR count). The van der Waals surface area contributed by atoms with Crippen LogP contribution in [0.2, 0.25) is 0 Å². The first-order valence-electron chi connectivity index (χ1n) is 15.7. The van der Waals surface area contributed by atoms with Crippen molar-refractivity contribution in [1.29, 1.82) is 5.26 Å². The summed E-state index contributed by atoms with van der Waals surface area (Å²) in [5.74, 6) is 1.28. The maximum Gasteiger partial charge on any atom is 0.522 e. The van der Waals surface area contributed by atoms with Gasteiger partial charge >= 0.3 is 70.8 Å². The number of alkyl halides is 9. The molecule has 1 heterocycles. The van der Waals surface area contributed by atoms with Crippen molar-refractivity contribution in [3.8, 4) is 23.7 Å². The van der Waals surface area contributed by atoms with Crippen LogP contribution in [0.5, 0.6) is 5.75 Å². The van der Waals surface area contributed by atoms with E-state index in [1.165, 1.54) is 40.4 Å². The number of rotatable bonds is 8. The quantitative estimate of drug-likeness (QED) is 0.0542. The van der Waals surface area contributed by atoms with E-state index in [-0.39, 0.29) is 49.3 Å². The zero-order valence-corrected chi connectivity index (χ0v) is 38.8. The summed E-state index contributed by atoms with van der Waals surface area (Å²) in [5, 5.41) is 17.1. The van der Waals surface area contributed by atoms with E-state index in [1.807, 2.05) is 30.9 Å². The minimum absolute atomic E-state index is 0. The fraction of sp³-hybridized carbons (Fsp3) is 0.452. The van der Waals surface area contributed by atoms with Crippen molar-refractivity contribution < 1.29 is 161 Å². The smallest absolute Gasteiger partial charge is 0.507 e. The van der Waals surface area contributed by atoms with Crippen molar-refractivity contribution in [2.24, 2.45) is 0 Å². The second-order valence-electron chi connectivity index (χ2n) is 9.55. The summed E-state index contributed by atoms with van der Waals surface area (Å²) >= 11 is 0. The van der Waals surface area contributed by atoms with Crippen LogP contribution < -0.4 is 0 Å². The van der Waals surface area contributed by atoms with Gasteiger partial charge in [-0.05, 0) is 37.6 Å². The summed E-state index contributed by atoms with van der Waals surface area (Å²) in [5.41, 5.74) is -16.4. The Kier molecular flexibility index (Phi) is 38.9. The molecule has 66 heavy (non-hydrogen) atoms. The Morgan fingerprint density at radius 3 is 1.21 bits per heavy atom. The second kappa shape index (κ2) is 35.3. The molecule has 0 atom stereocenters. The molecule has 0 saturated carbocycles. The van der Waals surface area contributed by atoms with Crippen molar-refractivity contribution in [2.75, 3.05) is 41.7 Å². The molecular formula is C31H38F9NO21S3Sc. The van der Waals surface area contributed by atoms with Crippen LogP contribution in [0.1, 0.15) is 52.8 Å². The van der Waals surface area contributed by atoms with Gasteiger partial charge in [0.05, 0.1) is 52.9 Å². The van der Waals surface area contributed by atoms with E-state index in [2.05, 4.69) is 18.9 Å². The fourth-order valence-electron chi connectivity index (χ4n) is 2.41. The Hall–Kier alpha value is -4.88. The van der Waals surface area contributed by atoms with Crippen molar-refractivity contribution in [3.63, 3.8) is 0 Å². The molecule has 35 heteroatoms. The molecule has 0 amide bonds. The zero-order valence-electron chi connectivity index (χ0n) is 34.6. The number of benzene rings is 1. The molecule has 0 fully saturated rings. The maximum atomic E-state index is 11.8. The van der Waals surface area contributed by atoms with Gasteiger partial charge in [-0.3, -0.25) is 13.7 Å². The van der Waals surface area contributed by atoms with Crippen LogP contribution in [-0.4, -0.2) is 126 Å². The van der Waals surface area contributed by atoms with Gasteiger partial charge in [-0.25, -0.2) is 19.2 Å². The number of ether oxygens (including phenoxy) is 6. The van der Waals surface area contributed by atoms with Crippen LogP contribution in [-0.2, 0) is 107 Å². The van der Waals surface area contributed by atoms with Crippen molar-refractivity contribution in [1.82, 2.24) is 0 Å². The summed E-state index contributed by atoms with van der Waals surface area (Å²) in [6.45, 7) is 7.10. The first-order chi connectivity index (χ1) is 29.4. The number of furan rings is 1. The summed E-state index contributed by atoms with van der Waals surface area (Å²) < 4.78 is 205. The summed E-state index contributed by atoms with van der Waals surface area (Å²) in [6, 6.07) is 8.32. The van der Waals surface area contributed by atoms with E-state index in [0.717, 1.165) is 19.5 Å². The molecule has 2 aromatic rings. The predicted molar refractivity (Wildman–Crippen MR) is 196 cm³/mol. The number of nitrogens with zero attached hydrogens (tertiary/aromatic N) is 1. The Morgan fingerprint density at radius 2 is 0.955 bits per heavy atom. The van der Waals surface area contributed by atoms with E-state index in [1.54, 1.807) is 19.3 Å². The van der Waals surface area contributed by atoms with Gasteiger partial charge in [0.1, 0.15) is 23.7 Å². The SMILES string of the molecule is CC#N.CCOCc1ccc(O)c(C(=O)OC)c1C(=O)OC.CCOCc1ccco1.COC(=O)C#CC(=O)OC.O=S(=O)(O)C(F)(F)F.O=S(=O)(O)C(F)(F)F.O=S(=O)(O)C(F)(F)F.[Sc]. The van der Waals surface area contributed by atoms with Gasteiger partial charge in [0.15, 0.2) is 0 Å². The second-order valence-corrected chi connectivity index (χ2v) is 13.8. The fourth-order valence-corrected chi connectivity index (χ4v) is 2.41.